The maximum absolute atomic E-state index is 11.2. The van der Waals surface area contributed by atoms with Crippen LogP contribution < -0.4 is 21.2 Å². The van der Waals surface area contributed by atoms with Gasteiger partial charge in [0.2, 0.25) is 0 Å². The van der Waals surface area contributed by atoms with Crippen LogP contribution in [0.1, 0.15) is 55.4 Å². The summed E-state index contributed by atoms with van der Waals surface area (Å²) in [7, 11) is -1.47. The topological polar surface area (TPSA) is 46.9 Å². The van der Waals surface area contributed by atoms with E-state index in [0.29, 0.717) is 11.8 Å². The molecule has 4 aromatic carbocycles. The number of allylic oxidation sites excluding steroid dienone is 10. The second kappa shape index (κ2) is 20.7. The van der Waals surface area contributed by atoms with Gasteiger partial charge in [0.25, 0.3) is 0 Å². The van der Waals surface area contributed by atoms with Crippen molar-refractivity contribution < 1.29 is 27.3 Å². The first-order chi connectivity index (χ1) is 26.0. The molecule has 2 N–H and O–H groups in total. The van der Waals surface area contributed by atoms with Crippen LogP contribution in [0.15, 0.2) is 191 Å². The van der Waals surface area contributed by atoms with Gasteiger partial charge >= 0.3 is 17.1 Å². The minimum atomic E-state index is -0.733. The molecule has 0 saturated heterocycles. The summed E-state index contributed by atoms with van der Waals surface area (Å²) in [6, 6.07) is 43.4. The van der Waals surface area contributed by atoms with Crippen molar-refractivity contribution in [3.8, 4) is 0 Å². The molecule has 6 rings (SSSR count). The van der Waals surface area contributed by atoms with E-state index in [1.807, 2.05) is 12.2 Å². The number of aliphatic hydroxyl groups excluding tert-OH is 2. The molecule has 0 radical (unpaired) electrons. The first-order valence-corrected chi connectivity index (χ1v) is 21.7. The van der Waals surface area contributed by atoms with Gasteiger partial charge in [0.1, 0.15) is 0 Å². The fraction of sp³-hybridized carbons (Fsp3) is 0.250. The Hall–Kier alpha value is -4.10. The summed E-state index contributed by atoms with van der Waals surface area (Å²) < 4.78 is 0. The van der Waals surface area contributed by atoms with E-state index in [9.17, 15) is 10.2 Å². The zero-order valence-electron chi connectivity index (χ0n) is 33.4. The number of hydrogen-bond donors (Lipinski definition) is 2. The van der Waals surface area contributed by atoms with Crippen molar-refractivity contribution in [2.24, 2.45) is 0 Å². The number of rotatable bonds is 12. The maximum atomic E-state index is 11.2. The molecule has 0 unspecified atom stereocenters. The van der Waals surface area contributed by atoms with Crippen LogP contribution in [0.25, 0.3) is 0 Å². The van der Waals surface area contributed by atoms with Crippen LogP contribution >= 0.6 is 15.8 Å². The predicted molar refractivity (Wildman–Crippen MR) is 236 cm³/mol. The third-order valence-electron chi connectivity index (χ3n) is 9.32. The number of benzene rings is 4. The molecule has 286 valence electrons. The first-order valence-electron chi connectivity index (χ1n) is 19.0. The minimum Gasteiger partial charge on any atom is -0.494 e. The molecule has 7 heteroatoms. The molecule has 0 aliphatic heterocycles. The van der Waals surface area contributed by atoms with E-state index in [1.54, 1.807) is 0 Å². The van der Waals surface area contributed by atoms with Gasteiger partial charge in [0, 0.05) is 35.3 Å². The fourth-order valence-corrected chi connectivity index (χ4v) is 12.1. The Bertz CT molecular complexity index is 1760. The standard InChI is InChI=1S/2C24H28NOP.Fe/c2*1-18(2)25(19(3)4)24(26)22-16-11-17-23(22)27(20-12-7-5-8-13-20)21-14-9-6-10-15-21;/h2*5-19,26H,1-4H3;/q;;+2/b2*24-22-;. The molecule has 0 heterocycles. The second-order valence-corrected chi connectivity index (χ2v) is 18.9. The Morgan fingerprint density at radius 3 is 0.873 bits per heavy atom. The van der Waals surface area contributed by atoms with Gasteiger partial charge in [-0.1, -0.05) is 146 Å². The van der Waals surface area contributed by atoms with E-state index in [0.717, 1.165) is 11.1 Å². The van der Waals surface area contributed by atoms with E-state index in [4.69, 9.17) is 0 Å². The van der Waals surface area contributed by atoms with E-state index >= 15 is 0 Å². The van der Waals surface area contributed by atoms with E-state index in [1.165, 1.54) is 31.8 Å². The summed E-state index contributed by atoms with van der Waals surface area (Å²) in [6.45, 7) is 17.0. The number of nitrogens with zero attached hydrogens (tertiary/aromatic N) is 2. The Labute approximate surface area is 343 Å². The molecule has 0 spiro atoms. The Kier molecular flexibility index (Phi) is 16.4. The van der Waals surface area contributed by atoms with E-state index in [-0.39, 0.29) is 41.2 Å². The van der Waals surface area contributed by atoms with E-state index < -0.39 is 15.8 Å². The summed E-state index contributed by atoms with van der Waals surface area (Å²) >= 11 is 0. The monoisotopic (exact) mass is 810 g/mol. The molecular formula is C48H56FeN2O2P2+2. The molecule has 4 nitrogen and oxygen atoms in total. The second-order valence-electron chi connectivity index (χ2n) is 14.5. The first kappa shape index (κ1) is 43.6. The summed E-state index contributed by atoms with van der Waals surface area (Å²) in [5.41, 5.74) is 1.88. The van der Waals surface area contributed by atoms with Gasteiger partial charge in [-0.15, -0.1) is 0 Å². The quantitative estimate of drug-likeness (QED) is 0.0850. The molecule has 2 aliphatic rings. The van der Waals surface area contributed by atoms with Crippen molar-refractivity contribution in [1.82, 2.24) is 9.80 Å². The van der Waals surface area contributed by atoms with Gasteiger partial charge in [-0.25, -0.2) is 0 Å². The molecular weight excluding hydrogens is 754 g/mol. The molecule has 0 saturated carbocycles. The van der Waals surface area contributed by atoms with Gasteiger partial charge < -0.3 is 20.0 Å². The number of aliphatic hydroxyl groups is 2. The molecule has 0 bridgehead atoms. The van der Waals surface area contributed by atoms with Crippen LogP contribution in [0, 0.1) is 0 Å². The molecule has 2 aliphatic carbocycles. The molecule has 0 fully saturated rings. The summed E-state index contributed by atoms with van der Waals surface area (Å²) in [6.07, 6.45) is 12.5. The van der Waals surface area contributed by atoms with Gasteiger partial charge in [-0.3, -0.25) is 0 Å². The van der Waals surface area contributed by atoms with Crippen LogP contribution in [-0.2, 0) is 17.1 Å². The summed E-state index contributed by atoms with van der Waals surface area (Å²) in [5, 5.41) is 29.9. The van der Waals surface area contributed by atoms with Crippen LogP contribution in [0.5, 0.6) is 0 Å². The van der Waals surface area contributed by atoms with Crippen molar-refractivity contribution in [3.63, 3.8) is 0 Å². The van der Waals surface area contributed by atoms with Crippen molar-refractivity contribution in [3.05, 3.63) is 191 Å². The average Bonchev–Trinajstić information content (AvgIpc) is 3.84. The van der Waals surface area contributed by atoms with Crippen molar-refractivity contribution >= 4 is 37.1 Å². The Morgan fingerprint density at radius 2 is 0.655 bits per heavy atom. The van der Waals surface area contributed by atoms with Crippen molar-refractivity contribution in [2.45, 2.75) is 79.6 Å². The molecule has 4 aromatic rings. The predicted octanol–water partition coefficient (Wildman–Crippen LogP) is 10.9. The van der Waals surface area contributed by atoms with Crippen molar-refractivity contribution in [2.75, 3.05) is 0 Å². The Balaban J connectivity index is 0.000000240. The van der Waals surface area contributed by atoms with Crippen LogP contribution in [0.4, 0.5) is 0 Å². The zero-order valence-corrected chi connectivity index (χ0v) is 36.3. The third-order valence-corrected chi connectivity index (χ3v) is 14.3. The van der Waals surface area contributed by atoms with Crippen LogP contribution in [-0.4, -0.2) is 44.2 Å². The molecule has 0 amide bonds. The van der Waals surface area contributed by atoms with Gasteiger partial charge in [0.15, 0.2) is 11.8 Å². The normalized spacial score (nSPS) is 15.3. The average molecular weight is 811 g/mol. The van der Waals surface area contributed by atoms with E-state index in [2.05, 4.69) is 211 Å². The fourth-order valence-electron chi connectivity index (χ4n) is 7.20. The van der Waals surface area contributed by atoms with Gasteiger partial charge in [-0.2, -0.15) is 0 Å². The molecule has 0 atom stereocenters. The maximum Gasteiger partial charge on any atom is 2.00 e. The Morgan fingerprint density at radius 1 is 0.418 bits per heavy atom. The van der Waals surface area contributed by atoms with Gasteiger partial charge in [-0.05, 0) is 115 Å². The molecule has 55 heavy (non-hydrogen) atoms. The molecule has 0 aromatic heterocycles. The van der Waals surface area contributed by atoms with Crippen molar-refractivity contribution in [1.29, 1.82) is 0 Å². The number of hydrogen-bond acceptors (Lipinski definition) is 4. The summed E-state index contributed by atoms with van der Waals surface area (Å²) in [4.78, 5) is 4.17. The smallest absolute Gasteiger partial charge is 0.494 e. The summed E-state index contributed by atoms with van der Waals surface area (Å²) in [5.74, 6) is 0.749. The third kappa shape index (κ3) is 10.6. The largest absolute Gasteiger partial charge is 2.00 e. The van der Waals surface area contributed by atoms with Crippen LogP contribution in [0.2, 0.25) is 0 Å². The SMILES string of the molecule is CC(C)N(/C(O)=C1\C=CC=C1P(c1ccccc1)c1ccccc1)C(C)C.CC(C)N(/C(O)=C1\C=CC=C1P(c1ccccc1)c1ccccc1)C(C)C.[Fe+2]. The van der Waals surface area contributed by atoms with Crippen LogP contribution in [0.3, 0.4) is 0 Å². The van der Waals surface area contributed by atoms with Gasteiger partial charge in [0.05, 0.1) is 0 Å². The minimum absolute atomic E-state index is 0. The zero-order chi connectivity index (χ0) is 38.8.